The van der Waals surface area contributed by atoms with Crippen molar-refractivity contribution in [3.8, 4) is 0 Å². The van der Waals surface area contributed by atoms with Gasteiger partial charge in [0.15, 0.2) is 0 Å². The Morgan fingerprint density at radius 2 is 1.90 bits per heavy atom. The normalized spacial score (nSPS) is 25.1. The molecule has 0 radical (unpaired) electrons. The van der Waals surface area contributed by atoms with Crippen molar-refractivity contribution >= 4 is 11.3 Å². The molecular weight excluding hydrogens is 268 g/mol. The molecule has 1 aromatic rings. The molecular formula is C16H28N2OS. The van der Waals surface area contributed by atoms with E-state index in [2.05, 4.69) is 33.0 Å². The Morgan fingerprint density at radius 1 is 1.25 bits per heavy atom. The van der Waals surface area contributed by atoms with Gasteiger partial charge in [-0.25, -0.2) is 4.98 Å². The van der Waals surface area contributed by atoms with Crippen molar-refractivity contribution in [2.45, 2.75) is 71.4 Å². The topological polar surface area (TPSA) is 45.2 Å². The van der Waals surface area contributed by atoms with Crippen molar-refractivity contribution in [2.24, 2.45) is 5.92 Å². The summed E-state index contributed by atoms with van der Waals surface area (Å²) in [7, 11) is 0. The summed E-state index contributed by atoms with van der Waals surface area (Å²) >= 11 is 1.86. The van der Waals surface area contributed by atoms with Gasteiger partial charge in [-0.1, -0.05) is 13.8 Å². The Hall–Kier alpha value is -0.450. The van der Waals surface area contributed by atoms with Crippen LogP contribution in [0.4, 0.5) is 0 Å². The highest BCUT2D eigenvalue weighted by molar-refractivity contribution is 7.11. The molecule has 2 N–H and O–H groups in total. The van der Waals surface area contributed by atoms with Gasteiger partial charge >= 0.3 is 0 Å². The van der Waals surface area contributed by atoms with Gasteiger partial charge in [-0.2, -0.15) is 0 Å². The van der Waals surface area contributed by atoms with E-state index < -0.39 is 0 Å². The number of nitrogens with zero attached hydrogens (tertiary/aromatic N) is 1. The highest BCUT2D eigenvalue weighted by atomic mass is 32.1. The van der Waals surface area contributed by atoms with Gasteiger partial charge in [-0.05, 0) is 45.4 Å². The van der Waals surface area contributed by atoms with Crippen LogP contribution in [0.2, 0.25) is 0 Å². The second-order valence-electron chi connectivity index (χ2n) is 6.45. The van der Waals surface area contributed by atoms with E-state index in [-0.39, 0.29) is 0 Å². The number of aliphatic hydroxyl groups excluding tert-OH is 1. The molecule has 114 valence electrons. The molecule has 1 unspecified atom stereocenters. The third-order valence-electron chi connectivity index (χ3n) is 4.33. The summed E-state index contributed by atoms with van der Waals surface area (Å²) in [6.45, 7) is 9.14. The maximum absolute atomic E-state index is 9.20. The molecule has 0 saturated heterocycles. The molecule has 0 spiro atoms. The van der Waals surface area contributed by atoms with Crippen molar-refractivity contribution in [3.05, 3.63) is 15.6 Å². The summed E-state index contributed by atoms with van der Waals surface area (Å²) in [6, 6.07) is 0.979. The number of nitrogens with one attached hydrogen (secondary N) is 1. The summed E-state index contributed by atoms with van der Waals surface area (Å²) in [5.74, 6) is 1.04. The largest absolute Gasteiger partial charge is 0.396 e. The molecule has 20 heavy (non-hydrogen) atoms. The summed E-state index contributed by atoms with van der Waals surface area (Å²) < 4.78 is 0. The van der Waals surface area contributed by atoms with Crippen molar-refractivity contribution < 1.29 is 5.11 Å². The summed E-state index contributed by atoms with van der Waals surface area (Å²) in [6.07, 6.45) is 4.68. The van der Waals surface area contributed by atoms with Crippen LogP contribution in [-0.4, -0.2) is 22.7 Å². The lowest BCUT2D eigenvalue weighted by Crippen LogP contribution is -2.35. The van der Waals surface area contributed by atoms with Crippen LogP contribution >= 0.6 is 11.3 Å². The monoisotopic (exact) mass is 296 g/mol. The van der Waals surface area contributed by atoms with Crippen molar-refractivity contribution in [1.29, 1.82) is 0 Å². The number of hydrogen-bond acceptors (Lipinski definition) is 4. The quantitative estimate of drug-likeness (QED) is 0.869. The average molecular weight is 296 g/mol. The first kappa shape index (κ1) is 15.9. The van der Waals surface area contributed by atoms with Crippen LogP contribution in [0, 0.1) is 12.8 Å². The minimum absolute atomic E-state index is 0.355. The molecule has 1 atom stereocenters. The van der Waals surface area contributed by atoms with Gasteiger partial charge in [0.1, 0.15) is 0 Å². The lowest BCUT2D eigenvalue weighted by atomic mass is 9.86. The van der Waals surface area contributed by atoms with E-state index in [0.29, 0.717) is 30.5 Å². The molecule has 1 aliphatic carbocycles. The van der Waals surface area contributed by atoms with E-state index in [1.807, 2.05) is 11.3 Å². The minimum atomic E-state index is 0.355. The lowest BCUT2D eigenvalue weighted by molar-refractivity contribution is 0.172. The Labute approximate surface area is 126 Å². The maximum Gasteiger partial charge on any atom is 0.0956 e. The Kier molecular flexibility index (Phi) is 5.58. The third-order valence-corrected chi connectivity index (χ3v) is 5.97. The highest BCUT2D eigenvalue weighted by Crippen LogP contribution is 2.31. The second-order valence-corrected chi connectivity index (χ2v) is 7.51. The van der Waals surface area contributed by atoms with Gasteiger partial charge in [0.2, 0.25) is 0 Å². The van der Waals surface area contributed by atoms with Crippen LogP contribution in [-0.2, 0) is 0 Å². The van der Waals surface area contributed by atoms with Crippen LogP contribution in [0.3, 0.4) is 0 Å². The zero-order valence-electron chi connectivity index (χ0n) is 13.1. The highest BCUT2D eigenvalue weighted by Gasteiger charge is 2.23. The zero-order chi connectivity index (χ0) is 14.7. The second kappa shape index (κ2) is 7.01. The predicted octanol–water partition coefficient (Wildman–Crippen LogP) is 3.78. The van der Waals surface area contributed by atoms with Gasteiger partial charge < -0.3 is 10.4 Å². The molecule has 3 nitrogen and oxygen atoms in total. The molecule has 4 heteroatoms. The number of rotatable bonds is 5. The lowest BCUT2D eigenvalue weighted by Gasteiger charge is -2.30. The van der Waals surface area contributed by atoms with Gasteiger partial charge in [0.25, 0.3) is 0 Å². The molecule has 1 fully saturated rings. The summed E-state index contributed by atoms with van der Waals surface area (Å²) in [4.78, 5) is 6.08. The average Bonchev–Trinajstić information content (AvgIpc) is 2.82. The van der Waals surface area contributed by atoms with E-state index in [1.165, 1.54) is 28.4 Å². The molecule has 0 amide bonds. The number of aliphatic hydroxyl groups is 1. The summed E-state index contributed by atoms with van der Waals surface area (Å²) in [5.41, 5.74) is 1.18. The van der Waals surface area contributed by atoms with Crippen molar-refractivity contribution in [1.82, 2.24) is 10.3 Å². The van der Waals surface area contributed by atoms with Crippen molar-refractivity contribution in [2.75, 3.05) is 6.61 Å². The number of hydrogen-bond donors (Lipinski definition) is 2. The van der Waals surface area contributed by atoms with Crippen molar-refractivity contribution in [3.63, 3.8) is 0 Å². The molecule has 1 saturated carbocycles. The Bertz CT molecular complexity index is 422. The maximum atomic E-state index is 9.20. The van der Waals surface area contributed by atoms with Crippen LogP contribution in [0.5, 0.6) is 0 Å². The fourth-order valence-electron chi connectivity index (χ4n) is 3.02. The van der Waals surface area contributed by atoms with Crippen LogP contribution < -0.4 is 5.32 Å². The van der Waals surface area contributed by atoms with Crippen LogP contribution in [0.1, 0.15) is 74.0 Å². The van der Waals surface area contributed by atoms with E-state index >= 15 is 0 Å². The van der Waals surface area contributed by atoms with E-state index in [1.54, 1.807) is 0 Å². The standard InChI is InChI=1S/C16H28N2OS/c1-10(2)16-18-12(4)15(20-16)11(3)17-14-7-5-13(9-19)6-8-14/h10-11,13-14,17,19H,5-9H2,1-4H3. The smallest absolute Gasteiger partial charge is 0.0956 e. The van der Waals surface area contributed by atoms with E-state index in [0.717, 1.165) is 12.8 Å². The SMILES string of the molecule is Cc1nc(C(C)C)sc1C(C)NC1CCC(CO)CC1. The van der Waals surface area contributed by atoms with Gasteiger partial charge in [-0.15, -0.1) is 11.3 Å². The van der Waals surface area contributed by atoms with Gasteiger partial charge in [-0.3, -0.25) is 0 Å². The number of aromatic nitrogens is 1. The molecule has 1 aromatic heterocycles. The first-order valence-electron chi connectivity index (χ1n) is 7.85. The molecule has 0 aliphatic heterocycles. The first-order chi connectivity index (χ1) is 9.51. The van der Waals surface area contributed by atoms with E-state index in [4.69, 9.17) is 4.98 Å². The summed E-state index contributed by atoms with van der Waals surface area (Å²) in [5, 5.41) is 14.2. The van der Waals surface area contributed by atoms with Gasteiger partial charge in [0, 0.05) is 29.5 Å². The Morgan fingerprint density at radius 3 is 2.40 bits per heavy atom. The molecule has 1 heterocycles. The molecule has 0 aromatic carbocycles. The molecule has 0 bridgehead atoms. The number of thiazole rings is 1. The fourth-order valence-corrected chi connectivity index (χ4v) is 4.10. The Balaban J connectivity index is 1.93. The molecule has 2 rings (SSSR count). The third kappa shape index (κ3) is 3.80. The predicted molar refractivity (Wildman–Crippen MR) is 85.3 cm³/mol. The van der Waals surface area contributed by atoms with Gasteiger partial charge in [0.05, 0.1) is 10.7 Å². The molecule has 1 aliphatic rings. The van der Waals surface area contributed by atoms with Crippen LogP contribution in [0.25, 0.3) is 0 Å². The zero-order valence-corrected chi connectivity index (χ0v) is 14.0. The van der Waals surface area contributed by atoms with E-state index in [9.17, 15) is 5.11 Å². The van der Waals surface area contributed by atoms with Crippen LogP contribution in [0.15, 0.2) is 0 Å². The number of aryl methyl sites for hydroxylation is 1. The first-order valence-corrected chi connectivity index (χ1v) is 8.67. The fraction of sp³-hybridized carbons (Fsp3) is 0.812. The minimum Gasteiger partial charge on any atom is -0.396 e.